The number of nitrogens with one attached hydrogen (secondary N) is 1. The summed E-state index contributed by atoms with van der Waals surface area (Å²) in [5, 5.41) is 4.80. The highest BCUT2D eigenvalue weighted by Crippen LogP contribution is 2.29. The molecule has 0 aliphatic carbocycles. The second-order valence-electron chi connectivity index (χ2n) is 6.12. The lowest BCUT2D eigenvalue weighted by Gasteiger charge is -2.11. The van der Waals surface area contributed by atoms with Crippen LogP contribution in [0.1, 0.15) is 23.0 Å². The number of hydrogen-bond acceptors (Lipinski definition) is 7. The van der Waals surface area contributed by atoms with E-state index in [1.807, 2.05) is 19.1 Å². The lowest BCUT2D eigenvalue weighted by Crippen LogP contribution is -2.16. The average molecular weight is 601 g/mol. The maximum absolute atomic E-state index is 12.4. The van der Waals surface area contributed by atoms with Gasteiger partial charge in [0.25, 0.3) is 0 Å². The van der Waals surface area contributed by atoms with Gasteiger partial charge in [-0.3, -0.25) is 4.79 Å². The number of rotatable bonds is 8. The van der Waals surface area contributed by atoms with Crippen molar-refractivity contribution in [2.45, 2.75) is 6.92 Å². The first-order valence-corrected chi connectivity index (χ1v) is 11.0. The highest BCUT2D eigenvalue weighted by Gasteiger charge is 2.14. The summed E-state index contributed by atoms with van der Waals surface area (Å²) < 4.78 is 23.0. The van der Waals surface area contributed by atoms with Gasteiger partial charge in [0.1, 0.15) is 5.58 Å². The molecule has 0 saturated carbocycles. The number of esters is 1. The molecule has 1 heterocycles. The maximum atomic E-state index is 12.4. The molecule has 1 amide bonds. The van der Waals surface area contributed by atoms with Crippen molar-refractivity contribution in [3.63, 3.8) is 0 Å². The Morgan fingerprint density at radius 3 is 2.74 bits per heavy atom. The Hall–Kier alpha value is -2.60. The molecule has 0 aliphatic rings. The van der Waals surface area contributed by atoms with Crippen molar-refractivity contribution in [2.75, 3.05) is 20.3 Å². The topological polar surface area (TPSA) is 99.4 Å². The minimum Gasteiger partial charge on any atom is -0.490 e. The van der Waals surface area contributed by atoms with Crippen molar-refractivity contribution in [1.29, 1.82) is 0 Å². The zero-order valence-electron chi connectivity index (χ0n) is 16.6. The van der Waals surface area contributed by atoms with E-state index < -0.39 is 11.9 Å². The Morgan fingerprint density at radius 2 is 2.00 bits per heavy atom. The first-order chi connectivity index (χ1) is 14.9. The monoisotopic (exact) mass is 600 g/mol. The third-order valence-electron chi connectivity index (χ3n) is 3.98. The van der Waals surface area contributed by atoms with Gasteiger partial charge in [-0.25, -0.2) is 10.2 Å². The molecule has 10 heteroatoms. The molecule has 0 bridgehead atoms. The zero-order chi connectivity index (χ0) is 22.4. The molecule has 1 aromatic heterocycles. The van der Waals surface area contributed by atoms with Crippen LogP contribution >= 0.6 is 38.5 Å². The first kappa shape index (κ1) is 23.1. The van der Waals surface area contributed by atoms with Crippen LogP contribution in [0.2, 0.25) is 0 Å². The predicted molar refractivity (Wildman–Crippen MR) is 127 cm³/mol. The van der Waals surface area contributed by atoms with Gasteiger partial charge in [0.05, 0.1) is 23.5 Å². The molecule has 162 valence electrons. The number of carbonyl (C=O) groups is 2. The van der Waals surface area contributed by atoms with Gasteiger partial charge in [0, 0.05) is 9.86 Å². The van der Waals surface area contributed by atoms with Gasteiger partial charge in [0.2, 0.25) is 0 Å². The second kappa shape index (κ2) is 10.6. The summed E-state index contributed by atoms with van der Waals surface area (Å²) in [4.78, 5) is 23.7. The van der Waals surface area contributed by atoms with Gasteiger partial charge in [0.15, 0.2) is 23.9 Å². The highest BCUT2D eigenvalue weighted by atomic mass is 127. The summed E-state index contributed by atoms with van der Waals surface area (Å²) in [6.07, 6.45) is 1.47. The van der Waals surface area contributed by atoms with Gasteiger partial charge in [-0.2, -0.15) is 5.10 Å². The molecule has 3 rings (SSSR count). The number of nitrogens with zero attached hydrogens (tertiary/aromatic N) is 1. The highest BCUT2D eigenvalue weighted by molar-refractivity contribution is 14.1. The minimum absolute atomic E-state index is 0.157. The van der Waals surface area contributed by atoms with Crippen LogP contribution in [0.3, 0.4) is 0 Å². The van der Waals surface area contributed by atoms with Crippen LogP contribution in [0.5, 0.6) is 11.5 Å². The smallest absolute Gasteiger partial charge is 0.343 e. The molecule has 0 aliphatic heterocycles. The largest absolute Gasteiger partial charge is 0.490 e. The third kappa shape index (κ3) is 5.97. The van der Waals surface area contributed by atoms with Crippen molar-refractivity contribution in [1.82, 2.24) is 5.43 Å². The number of furan rings is 1. The van der Waals surface area contributed by atoms with Gasteiger partial charge >= 0.3 is 11.9 Å². The number of fused-ring (bicyclic) bond motifs is 1. The molecule has 0 fully saturated rings. The molecule has 31 heavy (non-hydrogen) atoms. The fourth-order valence-corrected chi connectivity index (χ4v) is 4.26. The summed E-state index contributed by atoms with van der Waals surface area (Å²) in [5.74, 6) is 0.0335. The van der Waals surface area contributed by atoms with Crippen LogP contribution in [0.4, 0.5) is 0 Å². The number of benzene rings is 2. The SMILES string of the molecule is CCOc1cc(/C=N\NC(=O)c2cc3cc(Br)cc(I)c3o2)ccc1OCC(=O)OC. The first-order valence-electron chi connectivity index (χ1n) is 9.09. The Kier molecular flexibility index (Phi) is 7.91. The van der Waals surface area contributed by atoms with Crippen LogP contribution in [0.25, 0.3) is 11.0 Å². The lowest BCUT2D eigenvalue weighted by molar-refractivity contribution is -0.142. The normalized spacial score (nSPS) is 11.0. The number of carbonyl (C=O) groups excluding carboxylic acids is 2. The fourth-order valence-electron chi connectivity index (χ4n) is 2.60. The Balaban J connectivity index is 1.69. The quantitative estimate of drug-likeness (QED) is 0.177. The van der Waals surface area contributed by atoms with Crippen molar-refractivity contribution in [3.8, 4) is 11.5 Å². The molecule has 8 nitrogen and oxygen atoms in total. The van der Waals surface area contributed by atoms with E-state index in [-0.39, 0.29) is 12.4 Å². The van der Waals surface area contributed by atoms with E-state index >= 15 is 0 Å². The van der Waals surface area contributed by atoms with Gasteiger partial charge in [-0.1, -0.05) is 15.9 Å². The molecule has 0 spiro atoms. The number of hydrazone groups is 1. The zero-order valence-corrected chi connectivity index (χ0v) is 20.4. The van der Waals surface area contributed by atoms with Crippen LogP contribution in [-0.2, 0) is 9.53 Å². The van der Waals surface area contributed by atoms with E-state index in [0.29, 0.717) is 29.3 Å². The Labute approximate surface area is 200 Å². The molecule has 3 aromatic rings. The number of ether oxygens (including phenoxy) is 3. The van der Waals surface area contributed by atoms with Crippen LogP contribution in [0, 0.1) is 3.57 Å². The van der Waals surface area contributed by atoms with Crippen LogP contribution < -0.4 is 14.9 Å². The minimum atomic E-state index is -0.497. The van der Waals surface area contributed by atoms with Gasteiger partial charge in [-0.05, 0) is 71.5 Å². The van der Waals surface area contributed by atoms with E-state index in [1.165, 1.54) is 13.3 Å². The fraction of sp³-hybridized carbons (Fsp3) is 0.190. The molecule has 0 atom stereocenters. The lowest BCUT2D eigenvalue weighted by atomic mass is 10.2. The molecule has 0 unspecified atom stereocenters. The Bertz CT molecular complexity index is 1140. The summed E-state index contributed by atoms with van der Waals surface area (Å²) in [6.45, 7) is 2.01. The molecule has 0 radical (unpaired) electrons. The van der Waals surface area contributed by atoms with Crippen molar-refractivity contribution >= 4 is 67.6 Å². The number of halogens is 2. The average Bonchev–Trinajstić information content (AvgIpc) is 3.17. The van der Waals surface area contributed by atoms with Crippen LogP contribution in [-0.4, -0.2) is 38.4 Å². The van der Waals surface area contributed by atoms with E-state index in [9.17, 15) is 9.59 Å². The molecule has 0 saturated heterocycles. The second-order valence-corrected chi connectivity index (χ2v) is 8.20. The van der Waals surface area contributed by atoms with Crippen molar-refractivity contribution in [3.05, 3.63) is 55.8 Å². The summed E-state index contributed by atoms with van der Waals surface area (Å²) >= 11 is 5.57. The van der Waals surface area contributed by atoms with Gasteiger partial charge < -0.3 is 18.6 Å². The molecular weight excluding hydrogens is 583 g/mol. The Morgan fingerprint density at radius 1 is 1.19 bits per heavy atom. The number of hydrogen-bond donors (Lipinski definition) is 1. The van der Waals surface area contributed by atoms with Gasteiger partial charge in [-0.15, -0.1) is 0 Å². The summed E-state index contributed by atoms with van der Waals surface area (Å²) in [7, 11) is 1.29. The predicted octanol–water partition coefficient (Wildman–Crippen LogP) is 4.51. The van der Waals surface area contributed by atoms with Crippen molar-refractivity contribution in [2.24, 2.45) is 5.10 Å². The maximum Gasteiger partial charge on any atom is 0.343 e. The number of methoxy groups -OCH3 is 1. The van der Waals surface area contributed by atoms with E-state index in [0.717, 1.165) is 13.4 Å². The standard InChI is InChI=1S/C21H18BrIN2O6/c1-3-29-17-6-12(4-5-16(17)30-11-19(26)28-2)10-24-25-21(27)18-8-13-7-14(22)9-15(23)20(13)31-18/h4-10H,3,11H2,1-2H3,(H,25,27)/b24-10-. The van der Waals surface area contributed by atoms with Crippen molar-refractivity contribution < 1.29 is 28.2 Å². The van der Waals surface area contributed by atoms with Crippen LogP contribution in [0.15, 0.2) is 50.4 Å². The molecular formula is C21H18BrIN2O6. The third-order valence-corrected chi connectivity index (χ3v) is 5.24. The summed E-state index contributed by atoms with van der Waals surface area (Å²) in [6, 6.07) is 10.5. The summed E-state index contributed by atoms with van der Waals surface area (Å²) in [5.41, 5.74) is 3.75. The van der Waals surface area contributed by atoms with E-state index in [1.54, 1.807) is 24.3 Å². The molecule has 2 aromatic carbocycles. The number of amides is 1. The van der Waals surface area contributed by atoms with E-state index in [4.69, 9.17) is 13.9 Å². The molecule has 1 N–H and O–H groups in total. The van der Waals surface area contributed by atoms with E-state index in [2.05, 4.69) is 53.8 Å².